The van der Waals surface area contributed by atoms with Crippen molar-refractivity contribution in [3.8, 4) is 0 Å². The van der Waals surface area contributed by atoms with Gasteiger partial charge in [-0.1, -0.05) is 20.8 Å². The molecule has 2 fully saturated rings. The molecular formula is C20H38N2O. The van der Waals surface area contributed by atoms with Crippen LogP contribution in [0.25, 0.3) is 0 Å². The van der Waals surface area contributed by atoms with Gasteiger partial charge in [-0.2, -0.15) is 0 Å². The zero-order valence-electron chi connectivity index (χ0n) is 16.3. The number of likely N-dealkylation sites (tertiary alicyclic amines) is 2. The first-order chi connectivity index (χ1) is 10.7. The highest BCUT2D eigenvalue weighted by Crippen LogP contribution is 2.40. The molecule has 2 aliphatic rings. The molecule has 2 aliphatic heterocycles. The van der Waals surface area contributed by atoms with Crippen molar-refractivity contribution >= 4 is 5.91 Å². The van der Waals surface area contributed by atoms with Gasteiger partial charge < -0.3 is 4.90 Å². The molecule has 0 aromatic heterocycles. The van der Waals surface area contributed by atoms with Crippen molar-refractivity contribution in [2.75, 3.05) is 19.6 Å². The van der Waals surface area contributed by atoms with Crippen molar-refractivity contribution < 1.29 is 4.79 Å². The van der Waals surface area contributed by atoms with E-state index in [1.54, 1.807) is 6.92 Å². The second kappa shape index (κ2) is 7.13. The second-order valence-electron chi connectivity index (χ2n) is 8.79. The van der Waals surface area contributed by atoms with Crippen molar-refractivity contribution in [3.05, 3.63) is 0 Å². The fourth-order valence-electron chi connectivity index (χ4n) is 4.89. The third-order valence-corrected chi connectivity index (χ3v) is 7.09. The van der Waals surface area contributed by atoms with E-state index in [4.69, 9.17) is 0 Å². The summed E-state index contributed by atoms with van der Waals surface area (Å²) in [5.74, 6) is 1.46. The molecule has 2 heterocycles. The van der Waals surface area contributed by atoms with Crippen LogP contribution < -0.4 is 0 Å². The average Bonchev–Trinajstić information content (AvgIpc) is 3.02. The van der Waals surface area contributed by atoms with Gasteiger partial charge in [-0.25, -0.2) is 0 Å². The van der Waals surface area contributed by atoms with Crippen LogP contribution in [0.4, 0.5) is 0 Å². The smallest absolute Gasteiger partial charge is 0.219 e. The van der Waals surface area contributed by atoms with Crippen molar-refractivity contribution in [2.45, 2.75) is 91.1 Å². The van der Waals surface area contributed by atoms with E-state index in [0.717, 1.165) is 6.54 Å². The predicted octanol–water partition coefficient (Wildman–Crippen LogP) is 4.31. The summed E-state index contributed by atoms with van der Waals surface area (Å²) in [4.78, 5) is 16.9. The van der Waals surface area contributed by atoms with E-state index in [1.165, 1.54) is 51.6 Å². The van der Waals surface area contributed by atoms with Crippen LogP contribution in [-0.2, 0) is 4.79 Å². The molecule has 0 aromatic rings. The van der Waals surface area contributed by atoms with Crippen LogP contribution in [0.15, 0.2) is 0 Å². The lowest BCUT2D eigenvalue weighted by molar-refractivity contribution is -0.133. The summed E-state index contributed by atoms with van der Waals surface area (Å²) in [7, 11) is 0. The third kappa shape index (κ3) is 3.75. The van der Waals surface area contributed by atoms with Gasteiger partial charge in [0.2, 0.25) is 5.91 Å². The first kappa shape index (κ1) is 18.8. The topological polar surface area (TPSA) is 23.6 Å². The number of nitrogens with zero attached hydrogens (tertiary/aromatic N) is 2. The molecule has 0 radical (unpaired) electrons. The van der Waals surface area contributed by atoms with Gasteiger partial charge in [0.25, 0.3) is 0 Å². The number of carbonyl (C=O) groups excluding carboxylic acids is 1. The quantitative estimate of drug-likeness (QED) is 0.727. The fourth-order valence-corrected chi connectivity index (χ4v) is 4.89. The van der Waals surface area contributed by atoms with Gasteiger partial charge in [0.05, 0.1) is 0 Å². The third-order valence-electron chi connectivity index (χ3n) is 7.09. The molecule has 0 saturated carbocycles. The number of rotatable bonds is 6. The molecular weight excluding hydrogens is 284 g/mol. The van der Waals surface area contributed by atoms with E-state index in [1.807, 2.05) is 0 Å². The molecule has 1 amide bonds. The molecule has 3 unspecified atom stereocenters. The Hall–Kier alpha value is -0.570. The Morgan fingerprint density at radius 1 is 1.30 bits per heavy atom. The average molecular weight is 323 g/mol. The van der Waals surface area contributed by atoms with Crippen molar-refractivity contribution in [1.29, 1.82) is 0 Å². The van der Waals surface area contributed by atoms with Crippen LogP contribution in [0.3, 0.4) is 0 Å². The lowest BCUT2D eigenvalue weighted by Gasteiger charge is -2.38. The minimum Gasteiger partial charge on any atom is -0.337 e. The van der Waals surface area contributed by atoms with E-state index >= 15 is 0 Å². The molecule has 2 saturated heterocycles. The van der Waals surface area contributed by atoms with Gasteiger partial charge >= 0.3 is 0 Å². The number of hydrogen-bond acceptors (Lipinski definition) is 2. The predicted molar refractivity (Wildman–Crippen MR) is 97.5 cm³/mol. The Bertz CT molecular complexity index is 422. The summed E-state index contributed by atoms with van der Waals surface area (Å²) in [6.07, 6.45) is 7.70. The monoisotopic (exact) mass is 322 g/mol. The lowest BCUT2D eigenvalue weighted by atomic mass is 9.82. The van der Waals surface area contributed by atoms with E-state index in [0.29, 0.717) is 17.4 Å². The second-order valence-corrected chi connectivity index (χ2v) is 8.79. The van der Waals surface area contributed by atoms with Crippen LogP contribution in [0, 0.1) is 11.8 Å². The van der Waals surface area contributed by atoms with Gasteiger partial charge in [-0.3, -0.25) is 9.69 Å². The summed E-state index contributed by atoms with van der Waals surface area (Å²) in [5.41, 5.74) is 0.496. The SMILES string of the molecule is CCC1(C)CCCN1CCCC1CN(C(C)=O)C(C)(C(C)C)C1. The maximum absolute atomic E-state index is 12.0. The highest BCUT2D eigenvalue weighted by molar-refractivity contribution is 5.74. The molecule has 0 aromatic carbocycles. The Morgan fingerprint density at radius 2 is 2.00 bits per heavy atom. The highest BCUT2D eigenvalue weighted by atomic mass is 16.2. The van der Waals surface area contributed by atoms with E-state index in [2.05, 4.69) is 44.4 Å². The largest absolute Gasteiger partial charge is 0.337 e. The van der Waals surface area contributed by atoms with Gasteiger partial charge in [0.1, 0.15) is 0 Å². The van der Waals surface area contributed by atoms with Gasteiger partial charge in [0.15, 0.2) is 0 Å². The minimum atomic E-state index is 0.0576. The molecule has 3 atom stereocenters. The van der Waals surface area contributed by atoms with Crippen LogP contribution in [0.2, 0.25) is 0 Å². The standard InChI is InChI=1S/C20H38N2O/c1-7-19(5)11-9-13-21(19)12-8-10-18-14-20(6,16(2)3)22(15-18)17(4)23/h16,18H,7-15H2,1-6H3. The summed E-state index contributed by atoms with van der Waals surface area (Å²) >= 11 is 0. The Kier molecular flexibility index (Phi) is 5.81. The normalized spacial score (nSPS) is 35.4. The zero-order valence-corrected chi connectivity index (χ0v) is 16.3. The molecule has 0 spiro atoms. The van der Waals surface area contributed by atoms with E-state index in [-0.39, 0.29) is 11.4 Å². The molecule has 0 aliphatic carbocycles. The van der Waals surface area contributed by atoms with Crippen molar-refractivity contribution in [2.24, 2.45) is 11.8 Å². The molecule has 2 rings (SSSR count). The number of amides is 1. The molecule has 3 heteroatoms. The van der Waals surface area contributed by atoms with Crippen LogP contribution in [0.5, 0.6) is 0 Å². The summed E-state index contributed by atoms with van der Waals surface area (Å²) in [6.45, 7) is 16.8. The van der Waals surface area contributed by atoms with Crippen LogP contribution in [-0.4, -0.2) is 46.4 Å². The first-order valence-electron chi connectivity index (χ1n) is 9.76. The maximum atomic E-state index is 12.0. The van der Waals surface area contributed by atoms with Gasteiger partial charge in [0, 0.05) is 24.5 Å². The Labute approximate surface area is 143 Å². The van der Waals surface area contributed by atoms with Crippen LogP contribution >= 0.6 is 0 Å². The molecule has 3 nitrogen and oxygen atoms in total. The first-order valence-corrected chi connectivity index (χ1v) is 9.76. The van der Waals surface area contributed by atoms with E-state index < -0.39 is 0 Å². The van der Waals surface area contributed by atoms with E-state index in [9.17, 15) is 4.79 Å². The van der Waals surface area contributed by atoms with Crippen LogP contribution in [0.1, 0.15) is 80.1 Å². The van der Waals surface area contributed by atoms with Crippen molar-refractivity contribution in [3.63, 3.8) is 0 Å². The summed E-state index contributed by atoms with van der Waals surface area (Å²) in [6, 6.07) is 0. The molecule has 134 valence electrons. The molecule has 23 heavy (non-hydrogen) atoms. The summed E-state index contributed by atoms with van der Waals surface area (Å²) in [5, 5.41) is 0. The fraction of sp³-hybridized carbons (Fsp3) is 0.950. The Balaban J connectivity index is 1.86. The zero-order chi connectivity index (χ0) is 17.3. The van der Waals surface area contributed by atoms with Gasteiger partial charge in [-0.05, 0) is 77.3 Å². The Morgan fingerprint density at radius 3 is 2.52 bits per heavy atom. The number of hydrogen-bond donors (Lipinski definition) is 0. The van der Waals surface area contributed by atoms with Gasteiger partial charge in [-0.15, -0.1) is 0 Å². The molecule has 0 N–H and O–H groups in total. The maximum Gasteiger partial charge on any atom is 0.219 e. The lowest BCUT2D eigenvalue weighted by Crippen LogP contribution is -2.47. The molecule has 0 bridgehead atoms. The number of carbonyl (C=O) groups is 1. The highest BCUT2D eigenvalue weighted by Gasteiger charge is 2.45. The minimum absolute atomic E-state index is 0.0576. The van der Waals surface area contributed by atoms with Crippen molar-refractivity contribution in [1.82, 2.24) is 9.80 Å². The summed E-state index contributed by atoms with van der Waals surface area (Å²) < 4.78 is 0.